The van der Waals surface area contributed by atoms with Crippen molar-refractivity contribution in [3.8, 4) is 0 Å². The Balaban J connectivity index is 1.86. The van der Waals surface area contributed by atoms with Gasteiger partial charge in [-0.3, -0.25) is 0 Å². The third-order valence-electron chi connectivity index (χ3n) is 3.62. The predicted molar refractivity (Wildman–Crippen MR) is 83.7 cm³/mol. The summed E-state index contributed by atoms with van der Waals surface area (Å²) < 4.78 is 29.2. The molecule has 0 aromatic carbocycles. The van der Waals surface area contributed by atoms with Crippen LogP contribution in [0.15, 0.2) is 23.4 Å². The smallest absolute Gasteiger partial charge is 0.245 e. The Bertz CT molecular complexity index is 769. The van der Waals surface area contributed by atoms with Gasteiger partial charge in [0.25, 0.3) is 0 Å². The van der Waals surface area contributed by atoms with Crippen LogP contribution < -0.4 is 0 Å². The molecule has 0 N–H and O–H groups in total. The Labute approximate surface area is 137 Å². The van der Waals surface area contributed by atoms with Gasteiger partial charge in [-0.1, -0.05) is 23.2 Å². The second-order valence-electron chi connectivity index (χ2n) is 4.93. The number of nitrogens with zero attached hydrogens (tertiary/aromatic N) is 3. The Kier molecular flexibility index (Phi) is 4.04. The molecule has 0 radical (unpaired) electrons. The van der Waals surface area contributed by atoms with Gasteiger partial charge < -0.3 is 4.57 Å². The lowest BCUT2D eigenvalue weighted by molar-refractivity contribution is 0.470. The van der Waals surface area contributed by atoms with Gasteiger partial charge in [-0.15, -0.1) is 11.3 Å². The SMILES string of the molecule is Cn1ccnc1[C@H]1CCN(S(=O)(=O)c2cc(Cl)sc2Cl)C1. The van der Waals surface area contributed by atoms with Crippen molar-refractivity contribution in [3.63, 3.8) is 0 Å². The van der Waals surface area contributed by atoms with Crippen LogP contribution in [0.5, 0.6) is 0 Å². The molecule has 5 nitrogen and oxygen atoms in total. The van der Waals surface area contributed by atoms with Crippen molar-refractivity contribution in [2.45, 2.75) is 17.2 Å². The summed E-state index contributed by atoms with van der Waals surface area (Å²) in [4.78, 5) is 4.40. The van der Waals surface area contributed by atoms with Crippen molar-refractivity contribution in [1.29, 1.82) is 0 Å². The maximum absolute atomic E-state index is 12.6. The van der Waals surface area contributed by atoms with E-state index < -0.39 is 10.0 Å². The first kappa shape index (κ1) is 15.3. The zero-order valence-electron chi connectivity index (χ0n) is 11.2. The first-order valence-electron chi connectivity index (χ1n) is 6.32. The molecule has 0 unspecified atom stereocenters. The molecule has 1 saturated heterocycles. The van der Waals surface area contributed by atoms with Crippen LogP contribution in [0.1, 0.15) is 18.2 Å². The molecule has 9 heteroatoms. The van der Waals surface area contributed by atoms with E-state index in [1.54, 1.807) is 6.20 Å². The molecule has 2 aromatic rings. The number of imidazole rings is 1. The minimum absolute atomic E-state index is 0.0969. The number of aryl methyl sites for hydroxylation is 1. The highest BCUT2D eigenvalue weighted by molar-refractivity contribution is 7.89. The molecular weight excluding hydrogens is 353 g/mol. The van der Waals surface area contributed by atoms with Crippen molar-refractivity contribution in [2.75, 3.05) is 13.1 Å². The molecule has 1 fully saturated rings. The van der Waals surface area contributed by atoms with Crippen molar-refractivity contribution in [2.24, 2.45) is 7.05 Å². The van der Waals surface area contributed by atoms with Crippen LogP contribution in [0.25, 0.3) is 0 Å². The third-order valence-corrected chi connectivity index (χ3v) is 7.24. The van der Waals surface area contributed by atoms with Crippen LogP contribution in [0, 0.1) is 0 Å². The molecule has 0 amide bonds. The van der Waals surface area contributed by atoms with E-state index in [2.05, 4.69) is 4.98 Å². The lowest BCUT2D eigenvalue weighted by atomic mass is 10.1. The lowest BCUT2D eigenvalue weighted by Gasteiger charge is -2.16. The first-order valence-corrected chi connectivity index (χ1v) is 9.33. The normalized spacial score (nSPS) is 20.2. The van der Waals surface area contributed by atoms with Crippen molar-refractivity contribution in [3.05, 3.63) is 33.0 Å². The van der Waals surface area contributed by atoms with Crippen LogP contribution in [0.4, 0.5) is 0 Å². The molecule has 21 heavy (non-hydrogen) atoms. The molecule has 1 aliphatic rings. The Morgan fingerprint density at radius 2 is 2.19 bits per heavy atom. The highest BCUT2D eigenvalue weighted by Crippen LogP contribution is 2.38. The van der Waals surface area contributed by atoms with Gasteiger partial charge in [-0.2, -0.15) is 4.31 Å². The molecule has 1 atom stereocenters. The minimum atomic E-state index is -3.60. The van der Waals surface area contributed by atoms with Gasteiger partial charge in [-0.25, -0.2) is 13.4 Å². The summed E-state index contributed by atoms with van der Waals surface area (Å²) in [6, 6.07) is 1.41. The monoisotopic (exact) mass is 365 g/mol. The second-order valence-corrected chi connectivity index (χ2v) is 9.13. The molecule has 3 heterocycles. The standard InChI is InChI=1S/C12H13Cl2N3O2S2/c1-16-5-3-15-12(16)8-2-4-17(7-8)21(18,19)9-6-10(13)20-11(9)14/h3,5-6,8H,2,4,7H2,1H3/t8-/m0/s1. The molecule has 0 saturated carbocycles. The van der Waals surface area contributed by atoms with E-state index >= 15 is 0 Å². The van der Waals surface area contributed by atoms with Gasteiger partial charge in [-0.05, 0) is 12.5 Å². The molecule has 0 spiro atoms. The van der Waals surface area contributed by atoms with Crippen LogP contribution in [0.2, 0.25) is 8.67 Å². The molecule has 0 bridgehead atoms. The zero-order chi connectivity index (χ0) is 15.2. The van der Waals surface area contributed by atoms with Crippen LogP contribution in [-0.4, -0.2) is 35.4 Å². The maximum Gasteiger partial charge on any atom is 0.245 e. The van der Waals surface area contributed by atoms with Gasteiger partial charge in [0.05, 0.1) is 4.34 Å². The molecule has 3 rings (SSSR count). The van der Waals surface area contributed by atoms with E-state index in [0.717, 1.165) is 23.6 Å². The van der Waals surface area contributed by atoms with Crippen molar-refractivity contribution < 1.29 is 8.42 Å². The zero-order valence-corrected chi connectivity index (χ0v) is 14.3. The van der Waals surface area contributed by atoms with E-state index in [1.807, 2.05) is 17.8 Å². The van der Waals surface area contributed by atoms with E-state index in [1.165, 1.54) is 10.4 Å². The quantitative estimate of drug-likeness (QED) is 0.839. The van der Waals surface area contributed by atoms with Gasteiger partial charge in [0, 0.05) is 38.4 Å². The van der Waals surface area contributed by atoms with Crippen LogP contribution in [0.3, 0.4) is 0 Å². The summed E-state index contributed by atoms with van der Waals surface area (Å²) in [5, 5.41) is 0. The number of halogens is 2. The fourth-order valence-corrected chi connectivity index (χ4v) is 6.18. The molecule has 2 aromatic heterocycles. The number of hydrogen-bond acceptors (Lipinski definition) is 4. The Morgan fingerprint density at radius 3 is 2.76 bits per heavy atom. The average Bonchev–Trinajstić information content (AvgIpc) is 3.09. The summed E-state index contributed by atoms with van der Waals surface area (Å²) in [6.45, 7) is 0.876. The van der Waals surface area contributed by atoms with Crippen molar-refractivity contribution >= 4 is 44.6 Å². The number of sulfonamides is 1. The third kappa shape index (κ3) is 2.73. The van der Waals surface area contributed by atoms with E-state index in [4.69, 9.17) is 23.2 Å². The minimum Gasteiger partial charge on any atom is -0.338 e. The Hall–Kier alpha value is -0.600. The highest BCUT2D eigenvalue weighted by Gasteiger charge is 2.36. The van der Waals surface area contributed by atoms with Crippen LogP contribution >= 0.6 is 34.5 Å². The van der Waals surface area contributed by atoms with Gasteiger partial charge in [0.15, 0.2) is 0 Å². The average molecular weight is 366 g/mol. The molecule has 0 aliphatic carbocycles. The largest absolute Gasteiger partial charge is 0.338 e. The highest BCUT2D eigenvalue weighted by atomic mass is 35.5. The Morgan fingerprint density at radius 1 is 1.43 bits per heavy atom. The fraction of sp³-hybridized carbons (Fsp3) is 0.417. The fourth-order valence-electron chi connectivity index (χ4n) is 2.57. The predicted octanol–water partition coefficient (Wildman–Crippen LogP) is 2.97. The molecule has 1 aliphatic heterocycles. The summed E-state index contributed by atoms with van der Waals surface area (Å²) in [7, 11) is -1.68. The molecule has 114 valence electrons. The maximum atomic E-state index is 12.6. The molecular formula is C12H13Cl2N3O2S2. The van der Waals surface area contributed by atoms with E-state index in [9.17, 15) is 8.42 Å². The second kappa shape index (κ2) is 5.55. The van der Waals surface area contributed by atoms with Gasteiger partial charge in [0.2, 0.25) is 10.0 Å². The number of rotatable bonds is 3. The summed E-state index contributed by atoms with van der Waals surface area (Å²) in [5.74, 6) is 1.01. The summed E-state index contributed by atoms with van der Waals surface area (Å²) in [5.41, 5.74) is 0. The van der Waals surface area contributed by atoms with E-state index in [-0.39, 0.29) is 15.1 Å². The van der Waals surface area contributed by atoms with E-state index in [0.29, 0.717) is 17.4 Å². The lowest BCUT2D eigenvalue weighted by Crippen LogP contribution is -2.28. The van der Waals surface area contributed by atoms with Crippen molar-refractivity contribution in [1.82, 2.24) is 13.9 Å². The summed E-state index contributed by atoms with van der Waals surface area (Å²) >= 11 is 12.9. The van der Waals surface area contributed by atoms with Gasteiger partial charge in [0.1, 0.15) is 15.1 Å². The number of aromatic nitrogens is 2. The number of thiophene rings is 1. The van der Waals surface area contributed by atoms with Crippen LogP contribution in [-0.2, 0) is 17.1 Å². The first-order chi connectivity index (χ1) is 9.89. The summed E-state index contributed by atoms with van der Waals surface area (Å²) in [6.07, 6.45) is 4.34. The topological polar surface area (TPSA) is 55.2 Å². The number of hydrogen-bond donors (Lipinski definition) is 0. The van der Waals surface area contributed by atoms with Gasteiger partial charge >= 0.3 is 0 Å².